The van der Waals surface area contributed by atoms with Gasteiger partial charge in [0.2, 0.25) is 5.95 Å². The van der Waals surface area contributed by atoms with Crippen molar-refractivity contribution in [3.63, 3.8) is 0 Å². The van der Waals surface area contributed by atoms with Gasteiger partial charge in [-0.2, -0.15) is 9.97 Å². The fourth-order valence-electron chi connectivity index (χ4n) is 6.11. The molecule has 7 nitrogen and oxygen atoms in total. The highest BCUT2D eigenvalue weighted by atomic mass is 15.3. The number of hydrogen-bond donors (Lipinski definition) is 2. The number of nitrogens with one attached hydrogen (secondary N) is 2. The molecule has 0 unspecified atom stereocenters. The lowest BCUT2D eigenvalue weighted by atomic mass is 9.87. The van der Waals surface area contributed by atoms with Crippen LogP contribution >= 0.6 is 0 Å². The Kier molecular flexibility index (Phi) is 7.41. The smallest absolute Gasteiger partial charge is 0.227 e. The van der Waals surface area contributed by atoms with E-state index in [4.69, 9.17) is 9.97 Å². The van der Waals surface area contributed by atoms with Gasteiger partial charge < -0.3 is 20.1 Å². The average molecular weight is 520 g/mol. The van der Waals surface area contributed by atoms with Gasteiger partial charge in [-0.1, -0.05) is 60.7 Å². The second-order valence-corrected chi connectivity index (χ2v) is 10.5. The third-order valence-corrected chi connectivity index (χ3v) is 8.11. The van der Waals surface area contributed by atoms with Crippen LogP contribution in [0.25, 0.3) is 11.2 Å². The third kappa shape index (κ3) is 5.19. The van der Waals surface area contributed by atoms with E-state index in [1.165, 1.54) is 22.3 Å². The molecule has 4 aromatic rings. The largest absolute Gasteiger partial charge is 0.354 e. The summed E-state index contributed by atoms with van der Waals surface area (Å²) in [5.74, 6) is 1.89. The van der Waals surface area contributed by atoms with E-state index < -0.39 is 0 Å². The molecule has 39 heavy (non-hydrogen) atoms. The molecule has 1 fully saturated rings. The molecule has 1 aliphatic heterocycles. The van der Waals surface area contributed by atoms with E-state index in [0.717, 1.165) is 62.3 Å². The highest BCUT2D eigenvalue weighted by molar-refractivity contribution is 5.85. The van der Waals surface area contributed by atoms with E-state index in [1.807, 2.05) is 23.0 Å². The molecular weight excluding hydrogens is 482 g/mol. The molecule has 3 heterocycles. The summed E-state index contributed by atoms with van der Waals surface area (Å²) in [6.07, 6.45) is 9.86. The highest BCUT2D eigenvalue weighted by Crippen LogP contribution is 2.34. The number of aryl methyl sites for hydroxylation is 2. The Morgan fingerprint density at radius 3 is 2.26 bits per heavy atom. The topological polar surface area (TPSA) is 70.9 Å². The van der Waals surface area contributed by atoms with Crippen molar-refractivity contribution < 1.29 is 0 Å². The first-order valence-corrected chi connectivity index (χ1v) is 14.1. The first-order valence-electron chi connectivity index (χ1n) is 14.1. The predicted octanol–water partition coefficient (Wildman–Crippen LogP) is 5.10. The van der Waals surface area contributed by atoms with Gasteiger partial charge in [-0.25, -0.2) is 4.98 Å². The zero-order valence-corrected chi connectivity index (χ0v) is 22.5. The molecule has 0 saturated carbocycles. The number of imidazole rings is 1. The highest BCUT2D eigenvalue weighted by Gasteiger charge is 2.27. The summed E-state index contributed by atoms with van der Waals surface area (Å²) in [6.45, 7) is 11.8. The van der Waals surface area contributed by atoms with Crippen LogP contribution in [0.1, 0.15) is 41.0 Å². The molecule has 2 aromatic heterocycles. The van der Waals surface area contributed by atoms with Crippen molar-refractivity contribution in [1.29, 1.82) is 0 Å². The molecule has 2 aromatic carbocycles. The SMILES string of the molecule is C=CCNc1nc(N2CCC(NCC3c4ccccc4CCc4ccccc43)CC2)c2ncn(CC=C)c2n1. The number of piperidine rings is 1. The first kappa shape index (κ1) is 25.3. The van der Waals surface area contributed by atoms with Crippen LogP contribution in [0.5, 0.6) is 0 Å². The van der Waals surface area contributed by atoms with Crippen LogP contribution in [-0.4, -0.2) is 51.7 Å². The number of allylic oxidation sites excluding steroid dienone is 1. The van der Waals surface area contributed by atoms with Crippen molar-refractivity contribution in [2.24, 2.45) is 0 Å². The van der Waals surface area contributed by atoms with Crippen LogP contribution in [0.4, 0.5) is 11.8 Å². The van der Waals surface area contributed by atoms with Crippen LogP contribution in [0.3, 0.4) is 0 Å². The van der Waals surface area contributed by atoms with Gasteiger partial charge >= 0.3 is 0 Å². The number of aromatic nitrogens is 4. The third-order valence-electron chi connectivity index (χ3n) is 8.11. The Morgan fingerprint density at radius 2 is 1.59 bits per heavy atom. The van der Waals surface area contributed by atoms with Crippen molar-refractivity contribution in [2.75, 3.05) is 36.4 Å². The van der Waals surface area contributed by atoms with Crippen LogP contribution in [-0.2, 0) is 19.4 Å². The van der Waals surface area contributed by atoms with Crippen molar-refractivity contribution >= 4 is 22.9 Å². The Labute approximate surface area is 230 Å². The molecule has 0 atom stereocenters. The summed E-state index contributed by atoms with van der Waals surface area (Å²) in [5, 5.41) is 7.22. The van der Waals surface area contributed by atoms with Gasteiger partial charge in [0.15, 0.2) is 17.0 Å². The number of benzene rings is 2. The second kappa shape index (κ2) is 11.4. The number of anilines is 2. The zero-order chi connectivity index (χ0) is 26.6. The lowest BCUT2D eigenvalue weighted by Gasteiger charge is -2.34. The van der Waals surface area contributed by atoms with Crippen LogP contribution in [0.2, 0.25) is 0 Å². The Hall–Kier alpha value is -3.97. The number of hydrogen-bond acceptors (Lipinski definition) is 6. The molecule has 1 saturated heterocycles. The molecule has 7 heteroatoms. The van der Waals surface area contributed by atoms with Crippen LogP contribution in [0, 0.1) is 0 Å². The van der Waals surface area contributed by atoms with Gasteiger partial charge in [0.05, 0.1) is 6.33 Å². The number of rotatable bonds is 9. The lowest BCUT2D eigenvalue weighted by Crippen LogP contribution is -2.44. The molecule has 0 bridgehead atoms. The maximum absolute atomic E-state index is 4.87. The monoisotopic (exact) mass is 519 g/mol. The van der Waals surface area contributed by atoms with Gasteiger partial charge in [-0.15, -0.1) is 13.2 Å². The minimum atomic E-state index is 0.381. The number of nitrogens with zero attached hydrogens (tertiary/aromatic N) is 5. The molecule has 0 radical (unpaired) electrons. The Morgan fingerprint density at radius 1 is 0.897 bits per heavy atom. The maximum atomic E-state index is 4.87. The van der Waals surface area contributed by atoms with E-state index in [-0.39, 0.29) is 0 Å². The summed E-state index contributed by atoms with van der Waals surface area (Å²) in [6, 6.07) is 18.5. The van der Waals surface area contributed by atoms with Gasteiger partial charge in [0.1, 0.15) is 0 Å². The van der Waals surface area contributed by atoms with E-state index in [1.54, 1.807) is 0 Å². The average Bonchev–Trinajstić information content (AvgIpc) is 3.31. The lowest BCUT2D eigenvalue weighted by molar-refractivity contribution is 0.409. The molecule has 0 spiro atoms. The fraction of sp³-hybridized carbons (Fsp3) is 0.344. The normalized spacial score (nSPS) is 15.9. The molecule has 1 aliphatic carbocycles. The zero-order valence-electron chi connectivity index (χ0n) is 22.5. The minimum absolute atomic E-state index is 0.381. The minimum Gasteiger partial charge on any atom is -0.354 e. The molecule has 200 valence electrons. The molecule has 0 amide bonds. The quantitative estimate of drug-likeness (QED) is 0.300. The molecule has 2 aliphatic rings. The molecule has 2 N–H and O–H groups in total. The van der Waals surface area contributed by atoms with Crippen molar-refractivity contribution in [2.45, 2.75) is 44.2 Å². The van der Waals surface area contributed by atoms with Crippen molar-refractivity contribution in [3.8, 4) is 0 Å². The first-order chi connectivity index (χ1) is 19.2. The Balaban J connectivity index is 1.18. The Bertz CT molecular complexity index is 1420. The van der Waals surface area contributed by atoms with Crippen LogP contribution in [0.15, 0.2) is 80.2 Å². The summed E-state index contributed by atoms with van der Waals surface area (Å²) < 4.78 is 2.02. The van der Waals surface area contributed by atoms with Crippen molar-refractivity contribution in [1.82, 2.24) is 24.8 Å². The van der Waals surface area contributed by atoms with Gasteiger partial charge in [-0.3, -0.25) is 0 Å². The summed E-state index contributed by atoms with van der Waals surface area (Å²) >= 11 is 0. The fourth-order valence-corrected chi connectivity index (χ4v) is 6.11. The number of fused-ring (bicyclic) bond motifs is 3. The standard InChI is InChI=1S/C32H37N7/c1-3-17-33-32-36-30(29-31(37-32)39(18-4-2)22-35-29)38-19-15-25(16-20-38)34-21-28-26-11-7-5-9-23(26)13-14-24-10-6-8-12-27(24)28/h3-12,22,25,28,34H,1-2,13-21H2,(H,33,36,37). The van der Waals surface area contributed by atoms with E-state index in [0.29, 0.717) is 31.0 Å². The summed E-state index contributed by atoms with van der Waals surface area (Å²) in [5.41, 5.74) is 7.60. The molecule has 6 rings (SSSR count). The predicted molar refractivity (Wildman–Crippen MR) is 160 cm³/mol. The summed E-state index contributed by atoms with van der Waals surface area (Å²) in [4.78, 5) is 16.7. The van der Waals surface area contributed by atoms with Gasteiger partial charge in [0.25, 0.3) is 0 Å². The van der Waals surface area contributed by atoms with E-state index in [9.17, 15) is 0 Å². The van der Waals surface area contributed by atoms with Crippen molar-refractivity contribution in [3.05, 3.63) is 102 Å². The van der Waals surface area contributed by atoms with E-state index >= 15 is 0 Å². The van der Waals surface area contributed by atoms with E-state index in [2.05, 4.69) is 82.2 Å². The van der Waals surface area contributed by atoms with Crippen LogP contribution < -0.4 is 15.5 Å². The van der Waals surface area contributed by atoms with Gasteiger partial charge in [0, 0.05) is 44.7 Å². The summed E-state index contributed by atoms with van der Waals surface area (Å²) in [7, 11) is 0. The van der Waals surface area contributed by atoms with Gasteiger partial charge in [-0.05, 0) is 47.9 Å². The second-order valence-electron chi connectivity index (χ2n) is 10.5. The maximum Gasteiger partial charge on any atom is 0.227 e. The molecular formula is C32H37N7.